The third-order valence-corrected chi connectivity index (χ3v) is 2.89. The van der Waals surface area contributed by atoms with Crippen LogP contribution in [-0.4, -0.2) is 30.0 Å². The minimum atomic E-state index is 0.294. The Kier molecular flexibility index (Phi) is 2.83. The van der Waals surface area contributed by atoms with E-state index in [4.69, 9.17) is 5.73 Å². The van der Waals surface area contributed by atoms with Crippen LogP contribution in [0, 0.1) is 0 Å². The van der Waals surface area contributed by atoms with Crippen molar-refractivity contribution in [3.8, 4) is 0 Å². The van der Waals surface area contributed by atoms with Crippen LogP contribution >= 0.6 is 0 Å². The number of hydrogen-bond donors (Lipinski definition) is 1. The Morgan fingerprint density at radius 1 is 1.50 bits per heavy atom. The van der Waals surface area contributed by atoms with Crippen LogP contribution in [0.5, 0.6) is 0 Å². The Bertz CT molecular complexity index is 487. The molecule has 0 aromatic carbocycles. The van der Waals surface area contributed by atoms with E-state index < -0.39 is 0 Å². The van der Waals surface area contributed by atoms with Crippen LogP contribution in [0.25, 0.3) is 5.52 Å². The predicted molar refractivity (Wildman–Crippen MR) is 67.0 cm³/mol. The highest BCUT2D eigenvalue weighted by Gasteiger charge is 2.11. The smallest absolute Gasteiger partial charge is 0.0995 e. The second-order valence-electron chi connectivity index (χ2n) is 4.34. The molecule has 0 aliphatic rings. The minimum Gasteiger partial charge on any atom is -0.378 e. The number of nitrogens with two attached hydrogens (primary N) is 1. The topological polar surface area (TPSA) is 46.6 Å². The van der Waals surface area contributed by atoms with Crippen molar-refractivity contribution in [2.24, 2.45) is 5.73 Å². The van der Waals surface area contributed by atoms with E-state index in [1.165, 1.54) is 5.69 Å². The van der Waals surface area contributed by atoms with Crippen LogP contribution in [0.15, 0.2) is 24.7 Å². The van der Waals surface area contributed by atoms with Crippen molar-refractivity contribution >= 4 is 11.2 Å². The van der Waals surface area contributed by atoms with Crippen LogP contribution in [0.1, 0.15) is 18.5 Å². The average Bonchev–Trinajstić information content (AvgIpc) is 2.70. The summed E-state index contributed by atoms with van der Waals surface area (Å²) in [5.41, 5.74) is 9.09. The normalized spacial score (nSPS) is 13.0. The molecule has 2 rings (SSSR count). The second kappa shape index (κ2) is 4.14. The molecule has 1 atom stereocenters. The number of hydrogen-bond acceptors (Lipinski definition) is 3. The van der Waals surface area contributed by atoms with Gasteiger partial charge in [0, 0.05) is 38.4 Å². The van der Waals surface area contributed by atoms with Crippen LogP contribution in [0.4, 0.5) is 5.69 Å². The summed E-state index contributed by atoms with van der Waals surface area (Å²) < 4.78 is 2.04. The molecule has 2 aromatic rings. The van der Waals surface area contributed by atoms with Gasteiger partial charge in [0.05, 0.1) is 17.5 Å². The summed E-state index contributed by atoms with van der Waals surface area (Å²) in [6.45, 7) is 2.73. The zero-order valence-electron chi connectivity index (χ0n) is 10.0. The van der Waals surface area contributed by atoms with Crippen molar-refractivity contribution in [1.82, 2.24) is 9.38 Å². The van der Waals surface area contributed by atoms with Gasteiger partial charge in [-0.1, -0.05) is 6.92 Å². The number of pyridine rings is 1. The second-order valence-corrected chi connectivity index (χ2v) is 4.34. The largest absolute Gasteiger partial charge is 0.378 e. The zero-order chi connectivity index (χ0) is 11.7. The number of imidazole rings is 1. The molecule has 86 valence electrons. The van der Waals surface area contributed by atoms with E-state index in [0.29, 0.717) is 12.5 Å². The van der Waals surface area contributed by atoms with Gasteiger partial charge in [-0.3, -0.25) is 0 Å². The molecule has 2 aromatic heterocycles. The lowest BCUT2D eigenvalue weighted by Crippen LogP contribution is -2.11. The Labute approximate surface area is 95.7 Å². The van der Waals surface area contributed by atoms with E-state index in [-0.39, 0.29) is 0 Å². The van der Waals surface area contributed by atoms with E-state index in [1.54, 1.807) is 0 Å². The SMILES string of the molecule is CC(CN)c1ncn2ccc(N(C)C)cc12. The fourth-order valence-corrected chi connectivity index (χ4v) is 1.77. The molecule has 0 bridgehead atoms. The Balaban J connectivity index is 2.55. The van der Waals surface area contributed by atoms with Crippen LogP contribution in [-0.2, 0) is 0 Å². The third-order valence-electron chi connectivity index (χ3n) is 2.89. The Morgan fingerprint density at radius 2 is 2.25 bits per heavy atom. The Morgan fingerprint density at radius 3 is 2.88 bits per heavy atom. The van der Waals surface area contributed by atoms with E-state index in [1.807, 2.05) is 31.0 Å². The molecule has 0 spiro atoms. The van der Waals surface area contributed by atoms with Crippen LogP contribution in [0.2, 0.25) is 0 Å². The first kappa shape index (κ1) is 11.0. The summed E-state index contributed by atoms with van der Waals surface area (Å²) in [4.78, 5) is 6.52. The molecule has 0 radical (unpaired) electrons. The number of aromatic nitrogens is 2. The maximum Gasteiger partial charge on any atom is 0.0995 e. The van der Waals surface area contributed by atoms with Gasteiger partial charge < -0.3 is 15.0 Å². The van der Waals surface area contributed by atoms with Gasteiger partial charge in [-0.25, -0.2) is 4.98 Å². The zero-order valence-corrected chi connectivity index (χ0v) is 10.0. The molecule has 2 N–H and O–H groups in total. The molecule has 16 heavy (non-hydrogen) atoms. The summed E-state index contributed by atoms with van der Waals surface area (Å²) in [5.74, 6) is 0.294. The van der Waals surface area contributed by atoms with E-state index in [0.717, 1.165) is 11.2 Å². The summed E-state index contributed by atoms with van der Waals surface area (Å²) in [6.07, 6.45) is 3.88. The van der Waals surface area contributed by atoms with E-state index in [9.17, 15) is 0 Å². The van der Waals surface area contributed by atoms with E-state index in [2.05, 4.69) is 28.9 Å². The molecular weight excluding hydrogens is 200 g/mol. The number of nitrogens with zero attached hydrogens (tertiary/aromatic N) is 3. The molecule has 2 heterocycles. The molecule has 0 saturated heterocycles. The molecule has 0 amide bonds. The van der Waals surface area contributed by atoms with Crippen molar-refractivity contribution in [2.45, 2.75) is 12.8 Å². The fraction of sp³-hybridized carbons (Fsp3) is 0.417. The van der Waals surface area contributed by atoms with Crippen molar-refractivity contribution in [1.29, 1.82) is 0 Å². The van der Waals surface area contributed by atoms with Crippen LogP contribution in [0.3, 0.4) is 0 Å². The summed E-state index contributed by atoms with van der Waals surface area (Å²) in [7, 11) is 4.07. The van der Waals surface area contributed by atoms with Crippen molar-refractivity contribution < 1.29 is 0 Å². The van der Waals surface area contributed by atoms with Gasteiger partial charge in [0.2, 0.25) is 0 Å². The average molecular weight is 218 g/mol. The van der Waals surface area contributed by atoms with Crippen molar-refractivity contribution in [3.63, 3.8) is 0 Å². The van der Waals surface area contributed by atoms with Gasteiger partial charge >= 0.3 is 0 Å². The molecule has 1 unspecified atom stereocenters. The highest BCUT2D eigenvalue weighted by atomic mass is 15.1. The van der Waals surface area contributed by atoms with Gasteiger partial charge in [0.25, 0.3) is 0 Å². The molecule has 0 aliphatic carbocycles. The lowest BCUT2D eigenvalue weighted by atomic mass is 10.1. The lowest BCUT2D eigenvalue weighted by Gasteiger charge is -2.13. The minimum absolute atomic E-state index is 0.294. The quantitative estimate of drug-likeness (QED) is 0.848. The maximum atomic E-state index is 5.69. The van der Waals surface area contributed by atoms with Gasteiger partial charge in [-0.15, -0.1) is 0 Å². The highest BCUT2D eigenvalue weighted by molar-refractivity contribution is 5.62. The van der Waals surface area contributed by atoms with Gasteiger partial charge in [0.1, 0.15) is 0 Å². The van der Waals surface area contributed by atoms with Gasteiger partial charge in [0.15, 0.2) is 0 Å². The molecule has 0 aliphatic heterocycles. The summed E-state index contributed by atoms with van der Waals surface area (Å²) in [5, 5.41) is 0. The standard InChI is InChI=1S/C12H18N4/c1-9(7-13)12-11-6-10(15(2)3)4-5-16(11)8-14-12/h4-6,8-9H,7,13H2,1-3H3. The molecule has 0 saturated carbocycles. The number of rotatable bonds is 3. The first-order valence-electron chi connectivity index (χ1n) is 5.47. The number of anilines is 1. The van der Waals surface area contributed by atoms with Crippen molar-refractivity contribution in [3.05, 3.63) is 30.4 Å². The summed E-state index contributed by atoms with van der Waals surface area (Å²) in [6, 6.07) is 4.22. The molecule has 0 fully saturated rings. The van der Waals surface area contributed by atoms with Crippen LogP contribution < -0.4 is 10.6 Å². The van der Waals surface area contributed by atoms with E-state index >= 15 is 0 Å². The van der Waals surface area contributed by atoms with Gasteiger partial charge in [-0.05, 0) is 12.1 Å². The number of fused-ring (bicyclic) bond motifs is 1. The lowest BCUT2D eigenvalue weighted by molar-refractivity contribution is 0.757. The molecule has 4 heteroatoms. The molecular formula is C12H18N4. The maximum absolute atomic E-state index is 5.69. The van der Waals surface area contributed by atoms with Gasteiger partial charge in [-0.2, -0.15) is 0 Å². The predicted octanol–water partition coefficient (Wildman–Crippen LogP) is 1.46. The van der Waals surface area contributed by atoms with Crippen molar-refractivity contribution in [2.75, 3.05) is 25.5 Å². The highest BCUT2D eigenvalue weighted by Crippen LogP contribution is 2.22. The fourth-order valence-electron chi connectivity index (χ4n) is 1.77. The molecule has 4 nitrogen and oxygen atoms in total. The summed E-state index contributed by atoms with van der Waals surface area (Å²) >= 11 is 0. The first-order chi connectivity index (χ1) is 7.63. The monoisotopic (exact) mass is 218 g/mol. The first-order valence-corrected chi connectivity index (χ1v) is 5.47. The Hall–Kier alpha value is -1.55. The third kappa shape index (κ3) is 1.76.